The topological polar surface area (TPSA) is 63.2 Å². The van der Waals surface area contributed by atoms with Crippen LogP contribution in [0.4, 0.5) is 11.4 Å². The molecule has 2 heterocycles. The third-order valence-electron chi connectivity index (χ3n) is 3.97. The molecule has 0 bridgehead atoms. The molecular formula is C18H20BrN3O2. The van der Waals surface area contributed by atoms with Crippen molar-refractivity contribution in [1.29, 1.82) is 0 Å². The molecular weight excluding hydrogens is 370 g/mol. The van der Waals surface area contributed by atoms with E-state index in [1.807, 2.05) is 31.2 Å². The molecule has 1 aliphatic rings. The van der Waals surface area contributed by atoms with Crippen molar-refractivity contribution in [3.63, 3.8) is 0 Å². The minimum absolute atomic E-state index is 0.126. The second kappa shape index (κ2) is 7.77. The molecule has 1 atom stereocenters. The Morgan fingerprint density at radius 1 is 1.38 bits per heavy atom. The number of pyridine rings is 1. The van der Waals surface area contributed by atoms with Gasteiger partial charge in [0.1, 0.15) is 5.69 Å². The molecule has 1 saturated heterocycles. The Morgan fingerprint density at radius 3 is 3.00 bits per heavy atom. The number of amides is 1. The maximum absolute atomic E-state index is 12.3. The second-order valence-electron chi connectivity index (χ2n) is 5.86. The van der Waals surface area contributed by atoms with E-state index in [0.29, 0.717) is 12.2 Å². The summed E-state index contributed by atoms with van der Waals surface area (Å²) in [4.78, 5) is 16.4. The van der Waals surface area contributed by atoms with Crippen LogP contribution in [-0.2, 0) is 4.74 Å². The van der Waals surface area contributed by atoms with E-state index in [4.69, 9.17) is 4.74 Å². The Hall–Kier alpha value is -1.92. The van der Waals surface area contributed by atoms with Gasteiger partial charge in [-0.15, -0.1) is 0 Å². The van der Waals surface area contributed by atoms with Crippen molar-refractivity contribution in [1.82, 2.24) is 10.3 Å². The van der Waals surface area contributed by atoms with Gasteiger partial charge < -0.3 is 15.4 Å². The quantitative estimate of drug-likeness (QED) is 0.815. The van der Waals surface area contributed by atoms with E-state index in [1.54, 1.807) is 12.3 Å². The first-order valence-corrected chi connectivity index (χ1v) is 8.80. The van der Waals surface area contributed by atoms with Crippen LogP contribution < -0.4 is 10.6 Å². The molecule has 0 spiro atoms. The van der Waals surface area contributed by atoms with E-state index in [9.17, 15) is 4.79 Å². The van der Waals surface area contributed by atoms with Gasteiger partial charge in [0, 0.05) is 35.2 Å². The molecule has 1 fully saturated rings. The van der Waals surface area contributed by atoms with Crippen LogP contribution in [0, 0.1) is 6.92 Å². The first kappa shape index (κ1) is 16.9. The van der Waals surface area contributed by atoms with Gasteiger partial charge in [-0.3, -0.25) is 9.78 Å². The van der Waals surface area contributed by atoms with Crippen LogP contribution in [-0.4, -0.2) is 30.1 Å². The van der Waals surface area contributed by atoms with Crippen molar-refractivity contribution < 1.29 is 9.53 Å². The normalized spacial score (nSPS) is 16.8. The molecule has 1 aromatic carbocycles. The molecule has 2 aromatic rings. The van der Waals surface area contributed by atoms with Crippen molar-refractivity contribution in [3.8, 4) is 0 Å². The largest absolute Gasteiger partial charge is 0.376 e. The van der Waals surface area contributed by atoms with E-state index in [0.717, 1.165) is 40.9 Å². The Morgan fingerprint density at radius 2 is 2.25 bits per heavy atom. The number of hydrogen-bond acceptors (Lipinski definition) is 4. The van der Waals surface area contributed by atoms with Crippen LogP contribution in [0.3, 0.4) is 0 Å². The zero-order valence-corrected chi connectivity index (χ0v) is 15.1. The van der Waals surface area contributed by atoms with Crippen molar-refractivity contribution >= 4 is 33.2 Å². The Kier molecular flexibility index (Phi) is 5.48. The van der Waals surface area contributed by atoms with Crippen molar-refractivity contribution in [2.75, 3.05) is 18.5 Å². The maximum atomic E-state index is 12.3. The third kappa shape index (κ3) is 4.33. The lowest BCUT2D eigenvalue weighted by Crippen LogP contribution is -2.32. The van der Waals surface area contributed by atoms with E-state index in [1.165, 1.54) is 0 Å². The van der Waals surface area contributed by atoms with Crippen molar-refractivity contribution in [2.24, 2.45) is 0 Å². The highest BCUT2D eigenvalue weighted by Gasteiger charge is 2.17. The summed E-state index contributed by atoms with van der Waals surface area (Å²) in [6.45, 7) is 3.35. The highest BCUT2D eigenvalue weighted by atomic mass is 79.9. The van der Waals surface area contributed by atoms with E-state index < -0.39 is 0 Å². The SMILES string of the molecule is Cc1cc(Br)ccc1Nc1ccnc(C(=O)NCC2CCCO2)c1. The summed E-state index contributed by atoms with van der Waals surface area (Å²) >= 11 is 3.46. The van der Waals surface area contributed by atoms with Gasteiger partial charge in [-0.25, -0.2) is 0 Å². The molecule has 0 saturated carbocycles. The van der Waals surface area contributed by atoms with Crippen LogP contribution in [0.15, 0.2) is 41.0 Å². The molecule has 2 N–H and O–H groups in total. The van der Waals surface area contributed by atoms with Gasteiger partial charge in [0.15, 0.2) is 0 Å². The zero-order chi connectivity index (χ0) is 16.9. The van der Waals surface area contributed by atoms with Crippen molar-refractivity contribution in [2.45, 2.75) is 25.9 Å². The van der Waals surface area contributed by atoms with Crippen LogP contribution in [0.2, 0.25) is 0 Å². The summed E-state index contributed by atoms with van der Waals surface area (Å²) in [5.74, 6) is -0.179. The smallest absolute Gasteiger partial charge is 0.270 e. The number of ether oxygens (including phenoxy) is 1. The van der Waals surface area contributed by atoms with Crippen LogP contribution >= 0.6 is 15.9 Å². The van der Waals surface area contributed by atoms with Gasteiger partial charge >= 0.3 is 0 Å². The summed E-state index contributed by atoms with van der Waals surface area (Å²) in [6, 6.07) is 9.62. The fraction of sp³-hybridized carbons (Fsp3) is 0.333. The lowest BCUT2D eigenvalue weighted by atomic mass is 10.2. The number of anilines is 2. The summed E-state index contributed by atoms with van der Waals surface area (Å²) in [5, 5.41) is 6.22. The maximum Gasteiger partial charge on any atom is 0.270 e. The average molecular weight is 390 g/mol. The van der Waals surface area contributed by atoms with Crippen molar-refractivity contribution in [3.05, 3.63) is 52.3 Å². The first-order valence-electron chi connectivity index (χ1n) is 8.01. The standard InChI is InChI=1S/C18H20BrN3O2/c1-12-9-13(19)4-5-16(12)22-14-6-7-20-17(10-14)18(23)21-11-15-3-2-8-24-15/h4-7,9-10,15H,2-3,8,11H2,1H3,(H,20,22)(H,21,23). The summed E-state index contributed by atoms with van der Waals surface area (Å²) in [7, 11) is 0. The highest BCUT2D eigenvalue weighted by molar-refractivity contribution is 9.10. The Balaban J connectivity index is 1.65. The molecule has 3 rings (SSSR count). The molecule has 1 unspecified atom stereocenters. The van der Waals surface area contributed by atoms with Gasteiger partial charge in [0.25, 0.3) is 5.91 Å². The second-order valence-corrected chi connectivity index (χ2v) is 6.77. The van der Waals surface area contributed by atoms with E-state index in [-0.39, 0.29) is 12.0 Å². The lowest BCUT2D eigenvalue weighted by Gasteiger charge is -2.12. The number of benzene rings is 1. The third-order valence-corrected chi connectivity index (χ3v) is 4.47. The monoisotopic (exact) mass is 389 g/mol. The Bertz CT molecular complexity index is 730. The van der Waals surface area contributed by atoms with Crippen LogP contribution in [0.1, 0.15) is 28.9 Å². The number of aryl methyl sites for hydroxylation is 1. The number of nitrogens with zero attached hydrogens (tertiary/aromatic N) is 1. The molecule has 6 heteroatoms. The minimum Gasteiger partial charge on any atom is -0.376 e. The number of aromatic nitrogens is 1. The van der Waals surface area contributed by atoms with Gasteiger partial charge in [-0.05, 0) is 55.7 Å². The minimum atomic E-state index is -0.179. The van der Waals surface area contributed by atoms with Gasteiger partial charge in [0.2, 0.25) is 0 Å². The fourth-order valence-corrected chi connectivity index (χ4v) is 3.13. The molecule has 0 aliphatic carbocycles. The summed E-state index contributed by atoms with van der Waals surface area (Å²) < 4.78 is 6.55. The summed E-state index contributed by atoms with van der Waals surface area (Å²) in [5.41, 5.74) is 3.34. The van der Waals surface area contributed by atoms with Gasteiger partial charge in [0.05, 0.1) is 6.10 Å². The number of carbonyl (C=O) groups excluding carboxylic acids is 1. The van der Waals surface area contributed by atoms with Crippen LogP contribution in [0.25, 0.3) is 0 Å². The van der Waals surface area contributed by atoms with Crippen LogP contribution in [0.5, 0.6) is 0 Å². The fourth-order valence-electron chi connectivity index (χ4n) is 2.66. The summed E-state index contributed by atoms with van der Waals surface area (Å²) in [6.07, 6.45) is 3.82. The van der Waals surface area contributed by atoms with Gasteiger partial charge in [-0.1, -0.05) is 15.9 Å². The molecule has 0 radical (unpaired) electrons. The molecule has 126 valence electrons. The lowest BCUT2D eigenvalue weighted by molar-refractivity contribution is 0.0854. The number of hydrogen-bond donors (Lipinski definition) is 2. The molecule has 5 nitrogen and oxygen atoms in total. The highest BCUT2D eigenvalue weighted by Crippen LogP contribution is 2.24. The average Bonchev–Trinajstić information content (AvgIpc) is 3.09. The molecule has 1 aromatic heterocycles. The molecule has 1 aliphatic heterocycles. The number of carbonyl (C=O) groups is 1. The van der Waals surface area contributed by atoms with E-state index >= 15 is 0 Å². The Labute approximate surface area is 149 Å². The molecule has 1 amide bonds. The number of halogens is 1. The zero-order valence-electron chi connectivity index (χ0n) is 13.5. The van der Waals surface area contributed by atoms with Gasteiger partial charge in [-0.2, -0.15) is 0 Å². The first-order chi connectivity index (χ1) is 11.6. The van der Waals surface area contributed by atoms with E-state index in [2.05, 4.69) is 31.5 Å². The molecule has 24 heavy (non-hydrogen) atoms. The number of nitrogens with one attached hydrogen (secondary N) is 2. The number of rotatable bonds is 5. The predicted octanol–water partition coefficient (Wildman–Crippen LogP) is 3.80. The predicted molar refractivity (Wildman–Crippen MR) is 97.7 cm³/mol.